The fourth-order valence-electron chi connectivity index (χ4n) is 2.61. The van der Waals surface area contributed by atoms with Gasteiger partial charge in [0.25, 0.3) is 0 Å². The van der Waals surface area contributed by atoms with Crippen molar-refractivity contribution in [3.63, 3.8) is 0 Å². The minimum atomic E-state index is 1.14. The first kappa shape index (κ1) is 13.6. The Labute approximate surface area is 111 Å². The van der Waals surface area contributed by atoms with Crippen LogP contribution in [0.4, 0.5) is 0 Å². The number of benzene rings is 1. The van der Waals surface area contributed by atoms with E-state index in [-0.39, 0.29) is 0 Å². The van der Waals surface area contributed by atoms with E-state index in [9.17, 15) is 0 Å². The highest BCUT2D eigenvalue weighted by atomic mass is 15.1. The Hall–Kier alpha value is -0.860. The van der Waals surface area contributed by atoms with E-state index in [0.29, 0.717) is 0 Å². The number of nitrogens with one attached hydrogen (secondary N) is 1. The van der Waals surface area contributed by atoms with Crippen molar-refractivity contribution in [1.82, 2.24) is 10.2 Å². The number of hydrogen-bond acceptors (Lipinski definition) is 2. The summed E-state index contributed by atoms with van der Waals surface area (Å²) in [7, 11) is 0. The summed E-state index contributed by atoms with van der Waals surface area (Å²) in [6.45, 7) is 6.14. The lowest BCUT2D eigenvalue weighted by molar-refractivity contribution is 0.229. The number of nitrogens with zero attached hydrogens (tertiary/aromatic N) is 1. The second kappa shape index (κ2) is 8.28. The highest BCUT2D eigenvalue weighted by Gasteiger charge is 2.08. The minimum absolute atomic E-state index is 1.14. The number of hydrogen-bond donors (Lipinski definition) is 1. The Balaban J connectivity index is 1.46. The van der Waals surface area contributed by atoms with E-state index in [1.807, 2.05) is 0 Å². The van der Waals surface area contributed by atoms with Crippen LogP contribution in [-0.2, 0) is 6.42 Å². The lowest BCUT2D eigenvalue weighted by atomic mass is 10.1. The van der Waals surface area contributed by atoms with E-state index < -0.39 is 0 Å². The van der Waals surface area contributed by atoms with Gasteiger partial charge in [0.1, 0.15) is 0 Å². The van der Waals surface area contributed by atoms with Crippen LogP contribution < -0.4 is 5.32 Å². The van der Waals surface area contributed by atoms with Crippen LogP contribution in [0.25, 0.3) is 0 Å². The van der Waals surface area contributed by atoms with Gasteiger partial charge in [-0.2, -0.15) is 0 Å². The summed E-state index contributed by atoms with van der Waals surface area (Å²) in [5, 5.41) is 3.56. The lowest BCUT2D eigenvalue weighted by Crippen LogP contribution is -2.36. The molecule has 2 nitrogen and oxygen atoms in total. The fraction of sp³-hybridized carbons (Fsp3) is 0.625. The number of rotatable bonds is 7. The maximum atomic E-state index is 3.56. The van der Waals surface area contributed by atoms with Crippen molar-refractivity contribution in [3.05, 3.63) is 35.9 Å². The lowest BCUT2D eigenvalue weighted by Gasteiger charge is -2.26. The van der Waals surface area contributed by atoms with Gasteiger partial charge in [0.2, 0.25) is 0 Å². The fourth-order valence-corrected chi connectivity index (χ4v) is 2.61. The molecule has 2 heteroatoms. The largest absolute Gasteiger partial charge is 0.315 e. The van der Waals surface area contributed by atoms with E-state index in [1.165, 1.54) is 57.3 Å². The van der Waals surface area contributed by atoms with Crippen molar-refractivity contribution in [2.45, 2.75) is 32.1 Å². The van der Waals surface area contributed by atoms with Crippen LogP contribution >= 0.6 is 0 Å². The third kappa shape index (κ3) is 5.19. The molecule has 0 saturated carbocycles. The van der Waals surface area contributed by atoms with Crippen LogP contribution in [0.5, 0.6) is 0 Å². The highest BCUT2D eigenvalue weighted by molar-refractivity contribution is 5.14. The van der Waals surface area contributed by atoms with Gasteiger partial charge in [-0.05, 0) is 50.9 Å². The summed E-state index contributed by atoms with van der Waals surface area (Å²) in [6, 6.07) is 10.8. The normalized spacial score (nSPS) is 16.9. The SMILES string of the molecule is c1ccc(CCCNCCN2CCCCC2)cc1. The van der Waals surface area contributed by atoms with Gasteiger partial charge >= 0.3 is 0 Å². The van der Waals surface area contributed by atoms with Crippen LogP contribution in [-0.4, -0.2) is 37.6 Å². The van der Waals surface area contributed by atoms with Gasteiger partial charge in [-0.3, -0.25) is 0 Å². The molecule has 1 saturated heterocycles. The van der Waals surface area contributed by atoms with Crippen molar-refractivity contribution >= 4 is 0 Å². The molecule has 18 heavy (non-hydrogen) atoms. The summed E-state index contributed by atoms with van der Waals surface area (Å²) < 4.78 is 0. The number of aryl methyl sites for hydroxylation is 1. The summed E-state index contributed by atoms with van der Waals surface area (Å²) in [5.74, 6) is 0. The maximum absolute atomic E-state index is 3.56. The maximum Gasteiger partial charge on any atom is 0.0107 e. The van der Waals surface area contributed by atoms with E-state index >= 15 is 0 Å². The van der Waals surface area contributed by atoms with Crippen LogP contribution in [0, 0.1) is 0 Å². The molecule has 100 valence electrons. The molecule has 1 aromatic carbocycles. The Bertz CT molecular complexity index is 304. The Morgan fingerprint density at radius 1 is 0.944 bits per heavy atom. The molecule has 1 fully saturated rings. The second-order valence-electron chi connectivity index (χ2n) is 5.24. The summed E-state index contributed by atoms with van der Waals surface area (Å²) in [5.41, 5.74) is 1.45. The Morgan fingerprint density at radius 2 is 1.72 bits per heavy atom. The van der Waals surface area contributed by atoms with E-state index in [4.69, 9.17) is 0 Å². The highest BCUT2D eigenvalue weighted by Crippen LogP contribution is 2.07. The molecule has 1 aromatic rings. The molecular formula is C16H26N2. The molecule has 0 bridgehead atoms. The van der Waals surface area contributed by atoms with Gasteiger partial charge in [-0.1, -0.05) is 36.8 Å². The summed E-state index contributed by atoms with van der Waals surface area (Å²) in [4.78, 5) is 2.59. The molecule has 0 spiro atoms. The molecule has 1 heterocycles. The van der Waals surface area contributed by atoms with Crippen molar-refractivity contribution < 1.29 is 0 Å². The predicted molar refractivity (Wildman–Crippen MR) is 77.9 cm³/mol. The molecule has 0 aromatic heterocycles. The number of likely N-dealkylation sites (tertiary alicyclic amines) is 1. The summed E-state index contributed by atoms with van der Waals surface area (Å²) >= 11 is 0. The second-order valence-corrected chi connectivity index (χ2v) is 5.24. The average molecular weight is 246 g/mol. The van der Waals surface area contributed by atoms with Crippen molar-refractivity contribution in [2.75, 3.05) is 32.7 Å². The quantitative estimate of drug-likeness (QED) is 0.744. The van der Waals surface area contributed by atoms with Crippen molar-refractivity contribution in [3.8, 4) is 0 Å². The predicted octanol–water partition coefficient (Wildman–Crippen LogP) is 2.69. The van der Waals surface area contributed by atoms with Gasteiger partial charge in [0.05, 0.1) is 0 Å². The average Bonchev–Trinajstić information content (AvgIpc) is 2.45. The third-order valence-corrected chi connectivity index (χ3v) is 3.72. The van der Waals surface area contributed by atoms with E-state index in [2.05, 4.69) is 40.5 Å². The van der Waals surface area contributed by atoms with E-state index in [1.54, 1.807) is 0 Å². The van der Waals surface area contributed by atoms with Crippen molar-refractivity contribution in [1.29, 1.82) is 0 Å². The molecule has 0 atom stereocenters. The Morgan fingerprint density at radius 3 is 2.50 bits per heavy atom. The van der Waals surface area contributed by atoms with Crippen LogP contribution in [0.2, 0.25) is 0 Å². The van der Waals surface area contributed by atoms with Crippen molar-refractivity contribution in [2.24, 2.45) is 0 Å². The molecular weight excluding hydrogens is 220 g/mol. The van der Waals surface area contributed by atoms with Gasteiger partial charge < -0.3 is 10.2 Å². The zero-order valence-corrected chi connectivity index (χ0v) is 11.4. The summed E-state index contributed by atoms with van der Waals surface area (Å²) in [6.07, 6.45) is 6.66. The van der Waals surface area contributed by atoms with Gasteiger partial charge in [0, 0.05) is 13.1 Å². The standard InChI is InChI=1S/C16H26N2/c1-3-8-16(9-4-1)10-7-11-17-12-15-18-13-5-2-6-14-18/h1,3-4,8-9,17H,2,5-7,10-15H2. The van der Waals surface area contributed by atoms with Gasteiger partial charge in [0.15, 0.2) is 0 Å². The Kier molecular flexibility index (Phi) is 6.24. The molecule has 2 rings (SSSR count). The topological polar surface area (TPSA) is 15.3 Å². The zero-order valence-electron chi connectivity index (χ0n) is 11.4. The van der Waals surface area contributed by atoms with Gasteiger partial charge in [-0.15, -0.1) is 0 Å². The smallest absolute Gasteiger partial charge is 0.0107 e. The molecule has 1 N–H and O–H groups in total. The van der Waals surface area contributed by atoms with E-state index in [0.717, 1.165) is 13.1 Å². The van der Waals surface area contributed by atoms with Crippen LogP contribution in [0.3, 0.4) is 0 Å². The van der Waals surface area contributed by atoms with Gasteiger partial charge in [-0.25, -0.2) is 0 Å². The first-order valence-corrected chi connectivity index (χ1v) is 7.42. The molecule has 0 radical (unpaired) electrons. The molecule has 1 aliphatic rings. The monoisotopic (exact) mass is 246 g/mol. The molecule has 0 amide bonds. The van der Waals surface area contributed by atoms with Crippen LogP contribution in [0.1, 0.15) is 31.2 Å². The zero-order chi connectivity index (χ0) is 12.5. The van der Waals surface area contributed by atoms with Crippen LogP contribution in [0.15, 0.2) is 30.3 Å². The first-order valence-electron chi connectivity index (χ1n) is 7.42. The number of piperidine rings is 1. The minimum Gasteiger partial charge on any atom is -0.315 e. The first-order chi connectivity index (χ1) is 8.95. The molecule has 0 aliphatic carbocycles. The molecule has 0 unspecified atom stereocenters. The molecule has 1 aliphatic heterocycles. The third-order valence-electron chi connectivity index (χ3n) is 3.72.